The second-order valence-corrected chi connectivity index (χ2v) is 3.84. The van der Waals surface area contributed by atoms with E-state index in [1.165, 1.54) is 0 Å². The molecule has 78 valence electrons. The number of hydrogen-bond donors (Lipinski definition) is 2. The summed E-state index contributed by atoms with van der Waals surface area (Å²) in [6.45, 7) is 0.142. The lowest BCUT2D eigenvalue weighted by Gasteiger charge is -1.94. The van der Waals surface area contributed by atoms with Crippen LogP contribution in [0.15, 0.2) is 27.2 Å². The molecule has 1 amide bonds. The summed E-state index contributed by atoms with van der Waals surface area (Å²) in [5.74, 6) is 0.540. The molecule has 0 aliphatic carbocycles. The molecule has 2 N–H and O–H groups in total. The molecule has 0 aromatic carbocycles. The average molecular weight is 271 g/mol. The summed E-state index contributed by atoms with van der Waals surface area (Å²) in [5, 5.41) is 11.5. The van der Waals surface area contributed by atoms with Crippen molar-refractivity contribution in [2.24, 2.45) is 0 Å². The highest BCUT2D eigenvalue weighted by Gasteiger charge is 2.05. The molecule has 6 heteroatoms. The van der Waals surface area contributed by atoms with Crippen LogP contribution in [-0.2, 0) is 6.54 Å². The van der Waals surface area contributed by atoms with Gasteiger partial charge in [0, 0.05) is 16.1 Å². The molecule has 0 fully saturated rings. The van der Waals surface area contributed by atoms with Gasteiger partial charge in [-0.15, -0.1) is 0 Å². The van der Waals surface area contributed by atoms with Gasteiger partial charge in [0.05, 0.1) is 6.54 Å². The van der Waals surface area contributed by atoms with E-state index < -0.39 is 6.09 Å². The first-order valence-corrected chi connectivity index (χ1v) is 4.95. The van der Waals surface area contributed by atoms with Crippen molar-refractivity contribution in [1.29, 1.82) is 0 Å². The van der Waals surface area contributed by atoms with Crippen molar-refractivity contribution >= 4 is 33.1 Å². The third-order valence-electron chi connectivity index (χ3n) is 1.80. The Morgan fingerprint density at radius 3 is 3.13 bits per heavy atom. The summed E-state index contributed by atoms with van der Waals surface area (Å²) in [4.78, 5) is 14.3. The largest absolute Gasteiger partial charge is 0.465 e. The van der Waals surface area contributed by atoms with E-state index in [0.29, 0.717) is 11.5 Å². The van der Waals surface area contributed by atoms with Gasteiger partial charge in [-0.05, 0) is 28.1 Å². The van der Waals surface area contributed by atoms with Crippen LogP contribution in [-0.4, -0.2) is 16.2 Å². The predicted octanol–water partition coefficient (Wildman–Crippen LogP) is 2.36. The van der Waals surface area contributed by atoms with Crippen LogP contribution in [0.5, 0.6) is 0 Å². The number of carboxylic acid groups (broad SMARTS) is 1. The lowest BCUT2D eigenvalue weighted by molar-refractivity contribution is 0.193. The minimum Gasteiger partial charge on any atom is -0.465 e. The number of furan rings is 1. The number of halogens is 1. The Morgan fingerprint density at radius 1 is 1.60 bits per heavy atom. The minimum absolute atomic E-state index is 0.142. The first kappa shape index (κ1) is 9.97. The molecule has 5 nitrogen and oxygen atoms in total. The van der Waals surface area contributed by atoms with Gasteiger partial charge >= 0.3 is 6.09 Å². The van der Waals surface area contributed by atoms with E-state index in [1.54, 1.807) is 12.3 Å². The number of amides is 1. The van der Waals surface area contributed by atoms with E-state index in [4.69, 9.17) is 9.52 Å². The van der Waals surface area contributed by atoms with Crippen molar-refractivity contribution in [2.45, 2.75) is 6.54 Å². The number of nitrogens with zero attached hydrogens (tertiary/aromatic N) is 1. The van der Waals surface area contributed by atoms with Crippen LogP contribution < -0.4 is 5.32 Å². The van der Waals surface area contributed by atoms with Gasteiger partial charge in [-0.1, -0.05) is 0 Å². The highest BCUT2D eigenvalue weighted by atomic mass is 79.9. The zero-order valence-corrected chi connectivity index (χ0v) is 9.11. The lowest BCUT2D eigenvalue weighted by Crippen LogP contribution is -2.19. The first-order chi connectivity index (χ1) is 7.15. The summed E-state index contributed by atoms with van der Waals surface area (Å²) in [5.41, 5.74) is 0.500. The number of aromatic nitrogens is 1. The van der Waals surface area contributed by atoms with Crippen molar-refractivity contribution in [3.8, 4) is 0 Å². The van der Waals surface area contributed by atoms with Crippen LogP contribution >= 0.6 is 15.9 Å². The molecule has 0 aliphatic heterocycles. The maximum atomic E-state index is 10.3. The number of fused-ring (bicyclic) bond motifs is 1. The summed E-state index contributed by atoms with van der Waals surface area (Å²) in [6.07, 6.45) is 0.546. The van der Waals surface area contributed by atoms with E-state index in [2.05, 4.69) is 26.2 Å². The second kappa shape index (κ2) is 3.90. The van der Waals surface area contributed by atoms with Gasteiger partial charge in [-0.3, -0.25) is 0 Å². The van der Waals surface area contributed by atoms with Gasteiger partial charge in [0.2, 0.25) is 5.71 Å². The molecular formula is C9H7BrN2O3. The zero-order chi connectivity index (χ0) is 10.8. The normalized spacial score (nSPS) is 10.5. The van der Waals surface area contributed by atoms with Crippen LogP contribution in [0.25, 0.3) is 11.1 Å². The highest BCUT2D eigenvalue weighted by Crippen LogP contribution is 2.20. The summed E-state index contributed by atoms with van der Waals surface area (Å²) in [6, 6.07) is 3.61. The average Bonchev–Trinajstić information content (AvgIpc) is 2.56. The molecule has 0 radical (unpaired) electrons. The van der Waals surface area contributed by atoms with Crippen LogP contribution in [0.1, 0.15) is 5.76 Å². The van der Waals surface area contributed by atoms with E-state index in [0.717, 1.165) is 9.86 Å². The molecule has 2 heterocycles. The van der Waals surface area contributed by atoms with Gasteiger partial charge in [0.1, 0.15) is 5.76 Å². The van der Waals surface area contributed by atoms with Crippen molar-refractivity contribution in [2.75, 3.05) is 0 Å². The van der Waals surface area contributed by atoms with Gasteiger partial charge in [0.15, 0.2) is 0 Å². The van der Waals surface area contributed by atoms with E-state index in [1.807, 2.05) is 6.07 Å². The standard InChI is InChI=1S/C9H7BrN2O3/c10-6-1-5-2-7(4-12-9(13)14)15-8(5)11-3-6/h1-3,12H,4H2,(H,13,14). The van der Waals surface area contributed by atoms with Crippen molar-refractivity contribution in [1.82, 2.24) is 10.3 Å². The van der Waals surface area contributed by atoms with Crippen LogP contribution in [0, 0.1) is 0 Å². The molecule has 2 aromatic heterocycles. The summed E-state index contributed by atoms with van der Waals surface area (Å²) in [7, 11) is 0. The molecule has 0 unspecified atom stereocenters. The lowest BCUT2D eigenvalue weighted by atomic mass is 10.3. The first-order valence-electron chi connectivity index (χ1n) is 4.16. The molecule has 2 aromatic rings. The Hall–Kier alpha value is -1.56. The molecule has 15 heavy (non-hydrogen) atoms. The minimum atomic E-state index is -1.08. The Morgan fingerprint density at radius 2 is 2.40 bits per heavy atom. The smallest absolute Gasteiger partial charge is 0.405 e. The van der Waals surface area contributed by atoms with E-state index in [-0.39, 0.29) is 6.54 Å². The van der Waals surface area contributed by atoms with Crippen LogP contribution in [0.2, 0.25) is 0 Å². The predicted molar refractivity (Wildman–Crippen MR) is 56.6 cm³/mol. The fourth-order valence-corrected chi connectivity index (χ4v) is 1.56. The van der Waals surface area contributed by atoms with Crippen LogP contribution in [0.3, 0.4) is 0 Å². The van der Waals surface area contributed by atoms with Gasteiger partial charge in [0.25, 0.3) is 0 Å². The summed E-state index contributed by atoms with van der Waals surface area (Å²) >= 11 is 3.29. The van der Waals surface area contributed by atoms with Crippen molar-refractivity contribution < 1.29 is 14.3 Å². The molecular weight excluding hydrogens is 264 g/mol. The monoisotopic (exact) mass is 270 g/mol. The third kappa shape index (κ3) is 2.27. The van der Waals surface area contributed by atoms with Crippen molar-refractivity contribution in [3.05, 3.63) is 28.6 Å². The topological polar surface area (TPSA) is 75.4 Å². The van der Waals surface area contributed by atoms with Crippen LogP contribution in [0.4, 0.5) is 4.79 Å². The Labute approximate surface area is 93.2 Å². The fraction of sp³-hybridized carbons (Fsp3) is 0.111. The van der Waals surface area contributed by atoms with Gasteiger partial charge in [-0.2, -0.15) is 0 Å². The number of pyridine rings is 1. The molecule has 0 saturated heterocycles. The van der Waals surface area contributed by atoms with Crippen molar-refractivity contribution in [3.63, 3.8) is 0 Å². The maximum absolute atomic E-state index is 10.3. The maximum Gasteiger partial charge on any atom is 0.405 e. The molecule has 2 rings (SSSR count). The van der Waals surface area contributed by atoms with Gasteiger partial charge in [-0.25, -0.2) is 9.78 Å². The second-order valence-electron chi connectivity index (χ2n) is 2.92. The molecule has 0 atom stereocenters. The number of carbonyl (C=O) groups is 1. The molecule has 0 spiro atoms. The molecule has 0 saturated carbocycles. The number of nitrogens with one attached hydrogen (secondary N) is 1. The summed E-state index contributed by atoms with van der Waals surface area (Å²) < 4.78 is 6.17. The molecule has 0 aliphatic rings. The fourth-order valence-electron chi connectivity index (χ4n) is 1.21. The van der Waals surface area contributed by atoms with E-state index in [9.17, 15) is 4.79 Å². The SMILES string of the molecule is O=C(O)NCc1cc2cc(Br)cnc2o1. The van der Waals surface area contributed by atoms with E-state index >= 15 is 0 Å². The Balaban J connectivity index is 2.27. The highest BCUT2D eigenvalue weighted by molar-refractivity contribution is 9.10. The number of rotatable bonds is 2. The Bertz CT molecular complexity index is 509. The number of hydrogen-bond acceptors (Lipinski definition) is 3. The quantitative estimate of drug-likeness (QED) is 0.879. The Kier molecular flexibility index (Phi) is 2.59. The zero-order valence-electron chi connectivity index (χ0n) is 7.53. The van der Waals surface area contributed by atoms with Gasteiger partial charge < -0.3 is 14.8 Å². The third-order valence-corrected chi connectivity index (χ3v) is 2.24. The molecule has 0 bridgehead atoms.